The van der Waals surface area contributed by atoms with Crippen molar-refractivity contribution in [2.45, 2.75) is 32.4 Å². The number of aliphatic hydroxyl groups excluding tert-OH is 1. The maximum Gasteiger partial charge on any atom is 0.0759 e. The first-order valence-corrected chi connectivity index (χ1v) is 6.60. The smallest absolute Gasteiger partial charge is 0.0759 e. The molecule has 0 aliphatic carbocycles. The summed E-state index contributed by atoms with van der Waals surface area (Å²) in [4.78, 5) is 0. The maximum absolute atomic E-state index is 10.1. The molecule has 1 unspecified atom stereocenters. The van der Waals surface area contributed by atoms with E-state index in [9.17, 15) is 5.11 Å². The number of aliphatic hydroxyl groups is 1. The Labute approximate surface area is 117 Å². The summed E-state index contributed by atoms with van der Waals surface area (Å²) >= 11 is 18.1. The lowest BCUT2D eigenvalue weighted by Crippen LogP contribution is -2.32. The van der Waals surface area contributed by atoms with Crippen LogP contribution >= 0.6 is 34.8 Å². The predicted molar refractivity (Wildman–Crippen MR) is 73.9 cm³/mol. The molecule has 1 aromatic carbocycles. The van der Waals surface area contributed by atoms with Crippen molar-refractivity contribution in [2.75, 3.05) is 0 Å². The van der Waals surface area contributed by atoms with Crippen LogP contribution in [0.5, 0.6) is 0 Å². The van der Waals surface area contributed by atoms with E-state index in [4.69, 9.17) is 40.5 Å². The molecule has 3 N–H and O–H groups in total. The Morgan fingerprint density at radius 3 is 2.29 bits per heavy atom. The summed E-state index contributed by atoms with van der Waals surface area (Å²) in [5.41, 5.74) is 6.52. The second-order valence-corrected chi connectivity index (χ2v) is 5.35. The van der Waals surface area contributed by atoms with E-state index in [0.29, 0.717) is 20.6 Å². The van der Waals surface area contributed by atoms with Crippen LogP contribution in [0.3, 0.4) is 0 Å². The molecule has 2 nitrogen and oxygen atoms in total. The second-order valence-electron chi connectivity index (χ2n) is 4.16. The zero-order valence-electron chi connectivity index (χ0n) is 9.75. The van der Waals surface area contributed by atoms with Crippen molar-refractivity contribution in [3.05, 3.63) is 32.8 Å². The Balaban J connectivity index is 3.11. The quantitative estimate of drug-likeness (QED) is 0.823. The van der Waals surface area contributed by atoms with Crippen LogP contribution in [-0.4, -0.2) is 11.2 Å². The molecule has 1 rings (SSSR count). The SMILES string of the molecule is CCC(C)[C@@H](O)[C@@H](N)c1c(Cl)ccc(Cl)c1Cl. The van der Waals surface area contributed by atoms with Gasteiger partial charge in [-0.25, -0.2) is 0 Å². The summed E-state index contributed by atoms with van der Waals surface area (Å²) < 4.78 is 0. The number of hydrogen-bond acceptors (Lipinski definition) is 2. The van der Waals surface area contributed by atoms with Gasteiger partial charge in [0.1, 0.15) is 0 Å². The molecule has 0 aliphatic heterocycles. The molecule has 0 fully saturated rings. The molecule has 0 spiro atoms. The third-order valence-electron chi connectivity index (χ3n) is 3.01. The minimum Gasteiger partial charge on any atom is -0.391 e. The first-order valence-electron chi connectivity index (χ1n) is 5.47. The predicted octanol–water partition coefficient (Wildman–Crippen LogP) is 4.05. The fraction of sp³-hybridized carbons (Fsp3) is 0.500. The molecule has 0 aliphatic rings. The molecular formula is C12H16Cl3NO. The van der Waals surface area contributed by atoms with Crippen molar-refractivity contribution in [2.24, 2.45) is 11.7 Å². The van der Waals surface area contributed by atoms with E-state index >= 15 is 0 Å². The van der Waals surface area contributed by atoms with Gasteiger partial charge in [-0.1, -0.05) is 55.1 Å². The number of halogens is 3. The summed E-state index contributed by atoms with van der Waals surface area (Å²) in [6, 6.07) is 2.61. The van der Waals surface area contributed by atoms with Crippen LogP contribution in [0, 0.1) is 5.92 Å². The average molecular weight is 297 g/mol. The van der Waals surface area contributed by atoms with E-state index in [1.165, 1.54) is 0 Å². The lowest BCUT2D eigenvalue weighted by molar-refractivity contribution is 0.0880. The summed E-state index contributed by atoms with van der Waals surface area (Å²) in [7, 11) is 0. The number of benzene rings is 1. The first-order chi connectivity index (χ1) is 7.90. The fourth-order valence-corrected chi connectivity index (χ4v) is 2.40. The molecule has 96 valence electrons. The van der Waals surface area contributed by atoms with Crippen molar-refractivity contribution < 1.29 is 5.11 Å². The number of nitrogens with two attached hydrogens (primary N) is 1. The van der Waals surface area contributed by atoms with Gasteiger partial charge >= 0.3 is 0 Å². The normalized spacial score (nSPS) is 16.6. The Bertz CT molecular complexity index is 398. The highest BCUT2D eigenvalue weighted by Crippen LogP contribution is 2.37. The molecule has 0 amide bonds. The Morgan fingerprint density at radius 2 is 1.76 bits per heavy atom. The Morgan fingerprint density at radius 1 is 1.24 bits per heavy atom. The van der Waals surface area contributed by atoms with Crippen molar-refractivity contribution in [1.29, 1.82) is 0 Å². The summed E-state index contributed by atoms with van der Waals surface area (Å²) in [6.45, 7) is 3.92. The minimum atomic E-state index is -0.700. The van der Waals surface area contributed by atoms with Gasteiger partial charge in [-0.05, 0) is 18.1 Å². The molecule has 5 heteroatoms. The molecule has 0 radical (unpaired) electrons. The lowest BCUT2D eigenvalue weighted by atomic mass is 9.91. The van der Waals surface area contributed by atoms with Crippen molar-refractivity contribution in [3.63, 3.8) is 0 Å². The van der Waals surface area contributed by atoms with Gasteiger partial charge in [0, 0.05) is 10.6 Å². The standard InChI is InChI=1S/C12H16Cl3NO/c1-3-6(2)12(17)11(16)9-7(13)4-5-8(14)10(9)15/h4-6,11-12,17H,3,16H2,1-2H3/t6?,11-,12+/m0/s1. The summed E-state index contributed by atoms with van der Waals surface area (Å²) in [5, 5.41) is 11.2. The first kappa shape index (κ1) is 15.1. The highest BCUT2D eigenvalue weighted by atomic mass is 35.5. The Hall–Kier alpha value is 0.01000. The van der Waals surface area contributed by atoms with E-state index in [1.807, 2.05) is 13.8 Å². The van der Waals surface area contributed by atoms with Gasteiger partial charge < -0.3 is 10.8 Å². The lowest BCUT2D eigenvalue weighted by Gasteiger charge is -2.25. The molecule has 0 bridgehead atoms. The largest absolute Gasteiger partial charge is 0.391 e. The van der Waals surface area contributed by atoms with E-state index in [1.54, 1.807) is 12.1 Å². The molecule has 0 saturated carbocycles. The highest BCUT2D eigenvalue weighted by Gasteiger charge is 2.26. The molecule has 0 saturated heterocycles. The molecule has 0 aromatic heterocycles. The second kappa shape index (κ2) is 6.26. The van der Waals surface area contributed by atoms with Crippen LogP contribution in [0.4, 0.5) is 0 Å². The monoisotopic (exact) mass is 295 g/mol. The van der Waals surface area contributed by atoms with Crippen LogP contribution in [0.2, 0.25) is 15.1 Å². The molecule has 17 heavy (non-hydrogen) atoms. The average Bonchev–Trinajstić information content (AvgIpc) is 2.32. The maximum atomic E-state index is 10.1. The molecular weight excluding hydrogens is 280 g/mol. The van der Waals surface area contributed by atoms with Crippen molar-refractivity contribution in [3.8, 4) is 0 Å². The van der Waals surface area contributed by atoms with E-state index in [-0.39, 0.29) is 5.92 Å². The highest BCUT2D eigenvalue weighted by molar-refractivity contribution is 6.44. The molecule has 3 atom stereocenters. The minimum absolute atomic E-state index is 0.0658. The zero-order valence-corrected chi connectivity index (χ0v) is 12.0. The third kappa shape index (κ3) is 3.27. The van der Waals surface area contributed by atoms with Gasteiger partial charge in [0.25, 0.3) is 0 Å². The fourth-order valence-electron chi connectivity index (χ4n) is 1.61. The van der Waals surface area contributed by atoms with Gasteiger partial charge in [-0.2, -0.15) is 0 Å². The number of hydrogen-bond donors (Lipinski definition) is 2. The summed E-state index contributed by atoms with van der Waals surface area (Å²) in [5.74, 6) is 0.0658. The van der Waals surface area contributed by atoms with Crippen LogP contribution < -0.4 is 5.73 Å². The molecule has 1 aromatic rings. The van der Waals surface area contributed by atoms with Crippen LogP contribution in [0.15, 0.2) is 12.1 Å². The van der Waals surface area contributed by atoms with Crippen molar-refractivity contribution >= 4 is 34.8 Å². The zero-order chi connectivity index (χ0) is 13.2. The third-order valence-corrected chi connectivity index (χ3v) is 4.16. The van der Waals surface area contributed by atoms with E-state index < -0.39 is 12.1 Å². The van der Waals surface area contributed by atoms with Gasteiger partial charge in [0.15, 0.2) is 0 Å². The summed E-state index contributed by atoms with van der Waals surface area (Å²) in [6.07, 6.45) is 0.124. The van der Waals surface area contributed by atoms with Gasteiger partial charge in [0.2, 0.25) is 0 Å². The van der Waals surface area contributed by atoms with E-state index in [2.05, 4.69) is 0 Å². The Kier molecular flexibility index (Phi) is 5.55. The van der Waals surface area contributed by atoms with E-state index in [0.717, 1.165) is 6.42 Å². The van der Waals surface area contributed by atoms with Crippen molar-refractivity contribution in [1.82, 2.24) is 0 Å². The van der Waals surface area contributed by atoms with Crippen LogP contribution in [0.25, 0.3) is 0 Å². The number of rotatable bonds is 4. The topological polar surface area (TPSA) is 46.2 Å². The van der Waals surface area contributed by atoms with Gasteiger partial charge in [-0.15, -0.1) is 0 Å². The molecule has 0 heterocycles. The van der Waals surface area contributed by atoms with Crippen LogP contribution in [0.1, 0.15) is 31.9 Å². The van der Waals surface area contributed by atoms with Crippen LogP contribution in [-0.2, 0) is 0 Å². The van der Waals surface area contributed by atoms with Gasteiger partial charge in [0.05, 0.1) is 22.2 Å². The van der Waals surface area contributed by atoms with Gasteiger partial charge in [-0.3, -0.25) is 0 Å².